The Morgan fingerprint density at radius 1 is 0.714 bits per heavy atom. The third-order valence-electron chi connectivity index (χ3n) is 5.26. The van der Waals surface area contributed by atoms with E-state index in [0.717, 1.165) is 25.7 Å². The van der Waals surface area contributed by atoms with Crippen LogP contribution in [-0.4, -0.2) is 62.3 Å². The maximum Gasteiger partial charge on any atom is 0.164 e. The van der Waals surface area contributed by atoms with Gasteiger partial charge in [-0.05, 0) is 6.42 Å². The lowest BCUT2D eigenvalue weighted by Gasteiger charge is -2.24. The Labute approximate surface area is 172 Å². The fourth-order valence-electron chi connectivity index (χ4n) is 3.28. The Bertz CT molecular complexity index is 382. The molecule has 0 aromatic heterocycles. The number of unbranched alkanes of at least 4 members (excludes halogenated alkanes) is 13. The highest BCUT2D eigenvalue weighted by atomic mass is 16.4. The Morgan fingerprint density at radius 3 is 1.57 bits per heavy atom. The predicted octanol–water partition coefficient (Wildman–Crippen LogP) is 2.86. The van der Waals surface area contributed by atoms with Crippen LogP contribution < -0.4 is 0 Å². The molecule has 0 unspecified atom stereocenters. The molecule has 0 rings (SSSR count). The van der Waals surface area contributed by atoms with Crippen LogP contribution in [0.25, 0.3) is 0 Å². The number of hydrogen-bond donors (Lipinski definition) is 5. The van der Waals surface area contributed by atoms with Gasteiger partial charge in [0.05, 0.1) is 6.61 Å². The van der Waals surface area contributed by atoms with E-state index in [9.17, 15) is 25.2 Å². The van der Waals surface area contributed by atoms with Crippen molar-refractivity contribution in [2.24, 2.45) is 0 Å². The number of carbonyl (C=O) groups excluding carboxylic acids is 1. The van der Waals surface area contributed by atoms with Gasteiger partial charge in [0.1, 0.15) is 24.4 Å². The summed E-state index contributed by atoms with van der Waals surface area (Å²) < 4.78 is 7.09. The number of aliphatic hydroxyl groups is 5. The standard InChI is InChI=1S/C22H44O6/c1-2-3-4-5-6-7-8-9-10-11-12-13-14-15-16-18(24)20(26)22(28)21(27)19(25)17-23/h19-23,25-28H,2-17H2,1H3/t19-,20+,21-,22-/m1/s1/i1D. The van der Waals surface area contributed by atoms with Gasteiger partial charge in [-0.3, -0.25) is 4.79 Å². The molecule has 0 radical (unpaired) electrons. The summed E-state index contributed by atoms with van der Waals surface area (Å²) in [6.45, 7) is -0.200. The minimum absolute atomic E-state index is 0.127. The van der Waals surface area contributed by atoms with Crippen LogP contribution >= 0.6 is 0 Å². The lowest BCUT2D eigenvalue weighted by molar-refractivity contribution is -0.147. The quantitative estimate of drug-likeness (QED) is 0.199. The van der Waals surface area contributed by atoms with Gasteiger partial charge in [-0.1, -0.05) is 90.4 Å². The number of Topliss-reactive ketones (excluding diaryl/α,β-unsaturated/α-hetero) is 1. The van der Waals surface area contributed by atoms with Gasteiger partial charge in [0.2, 0.25) is 0 Å². The van der Waals surface area contributed by atoms with E-state index >= 15 is 0 Å². The van der Waals surface area contributed by atoms with Crippen LogP contribution in [0.5, 0.6) is 0 Å². The molecular weight excluding hydrogens is 360 g/mol. The average molecular weight is 406 g/mol. The first kappa shape index (κ1) is 25.5. The zero-order valence-corrected chi connectivity index (χ0v) is 17.5. The summed E-state index contributed by atoms with van der Waals surface area (Å²) in [6, 6.07) is 0. The van der Waals surface area contributed by atoms with Crippen LogP contribution in [0.3, 0.4) is 0 Å². The lowest BCUT2D eigenvalue weighted by atomic mass is 9.97. The Balaban J connectivity index is 3.50. The molecule has 4 atom stereocenters. The van der Waals surface area contributed by atoms with E-state index in [4.69, 9.17) is 6.48 Å². The van der Waals surface area contributed by atoms with E-state index in [1.165, 1.54) is 57.8 Å². The van der Waals surface area contributed by atoms with Crippen molar-refractivity contribution in [3.8, 4) is 0 Å². The molecule has 0 aliphatic rings. The monoisotopic (exact) mass is 405 g/mol. The molecule has 168 valence electrons. The van der Waals surface area contributed by atoms with Crippen LogP contribution in [0, 0.1) is 0 Å². The van der Waals surface area contributed by atoms with Gasteiger partial charge in [-0.25, -0.2) is 0 Å². The zero-order chi connectivity index (χ0) is 21.9. The number of carbonyl (C=O) groups is 1. The summed E-state index contributed by atoms with van der Waals surface area (Å²) in [5.74, 6) is -0.554. The topological polar surface area (TPSA) is 118 Å². The van der Waals surface area contributed by atoms with E-state index in [-0.39, 0.29) is 6.42 Å². The molecule has 28 heavy (non-hydrogen) atoms. The molecule has 0 aliphatic heterocycles. The predicted molar refractivity (Wildman–Crippen MR) is 111 cm³/mol. The number of hydrogen-bond acceptors (Lipinski definition) is 6. The van der Waals surface area contributed by atoms with Gasteiger partial charge in [0.15, 0.2) is 5.78 Å². The van der Waals surface area contributed by atoms with Crippen LogP contribution in [0.15, 0.2) is 0 Å². The largest absolute Gasteiger partial charge is 0.394 e. The molecule has 5 N–H and O–H groups in total. The number of aliphatic hydroxyl groups excluding tert-OH is 5. The second-order valence-corrected chi connectivity index (χ2v) is 7.84. The molecule has 0 amide bonds. The van der Waals surface area contributed by atoms with Crippen molar-refractivity contribution in [3.05, 3.63) is 0 Å². The summed E-state index contributed by atoms with van der Waals surface area (Å²) in [7, 11) is 0. The average Bonchev–Trinajstić information content (AvgIpc) is 2.73. The molecule has 6 nitrogen and oxygen atoms in total. The highest BCUT2D eigenvalue weighted by molar-refractivity contribution is 5.83. The van der Waals surface area contributed by atoms with Crippen LogP contribution in [0.2, 0.25) is 0 Å². The van der Waals surface area contributed by atoms with E-state index in [1.54, 1.807) is 0 Å². The molecule has 0 spiro atoms. The first-order valence-electron chi connectivity index (χ1n) is 11.8. The SMILES string of the molecule is [2H]CCCCCCCCCCCCCCCCC(=O)[C@H](O)[C@@H](O)[C@H](O)[C@H](O)CO. The van der Waals surface area contributed by atoms with Gasteiger partial charge < -0.3 is 25.5 Å². The Morgan fingerprint density at radius 2 is 1.14 bits per heavy atom. The number of ketones is 1. The van der Waals surface area contributed by atoms with Gasteiger partial charge in [0.25, 0.3) is 0 Å². The molecule has 0 saturated carbocycles. The van der Waals surface area contributed by atoms with Gasteiger partial charge >= 0.3 is 0 Å². The first-order valence-corrected chi connectivity index (χ1v) is 11.1. The normalized spacial score (nSPS) is 16.4. The second kappa shape index (κ2) is 18.5. The molecular formula is C22H44O6. The van der Waals surface area contributed by atoms with E-state index in [2.05, 4.69) is 0 Å². The summed E-state index contributed by atoms with van der Waals surface area (Å²) in [4.78, 5) is 11.9. The van der Waals surface area contributed by atoms with Crippen molar-refractivity contribution in [1.82, 2.24) is 0 Å². The molecule has 0 bridgehead atoms. The maximum atomic E-state index is 11.9. The van der Waals surface area contributed by atoms with Gasteiger partial charge in [-0.15, -0.1) is 0 Å². The first-order chi connectivity index (χ1) is 14.0. The van der Waals surface area contributed by atoms with Crippen molar-refractivity contribution < 1.29 is 31.7 Å². The van der Waals surface area contributed by atoms with E-state index in [0.29, 0.717) is 13.3 Å². The van der Waals surface area contributed by atoms with Crippen LogP contribution in [0.1, 0.15) is 105 Å². The molecule has 0 aromatic rings. The molecule has 0 heterocycles. The summed E-state index contributed by atoms with van der Waals surface area (Å²) in [5, 5.41) is 47.0. The van der Waals surface area contributed by atoms with Gasteiger partial charge in [0, 0.05) is 7.79 Å². The molecule has 0 aliphatic carbocycles. The molecule has 0 fully saturated rings. The van der Waals surface area contributed by atoms with Crippen molar-refractivity contribution in [3.63, 3.8) is 0 Å². The van der Waals surface area contributed by atoms with Crippen LogP contribution in [-0.2, 0) is 4.79 Å². The van der Waals surface area contributed by atoms with Crippen LogP contribution in [0.4, 0.5) is 0 Å². The summed E-state index contributed by atoms with van der Waals surface area (Å²) in [6.07, 6.45) is 9.34. The smallest absolute Gasteiger partial charge is 0.164 e. The van der Waals surface area contributed by atoms with Crippen molar-refractivity contribution in [2.75, 3.05) is 6.61 Å². The fourth-order valence-corrected chi connectivity index (χ4v) is 3.28. The fraction of sp³-hybridized carbons (Fsp3) is 0.955. The van der Waals surface area contributed by atoms with E-state index in [1.807, 2.05) is 0 Å². The van der Waals surface area contributed by atoms with E-state index < -0.39 is 36.8 Å². The molecule has 0 aromatic carbocycles. The zero-order valence-electron chi connectivity index (χ0n) is 18.5. The molecule has 6 heteroatoms. The highest BCUT2D eigenvalue weighted by Gasteiger charge is 2.33. The third kappa shape index (κ3) is 13.6. The lowest BCUT2D eigenvalue weighted by Crippen LogP contribution is -2.48. The van der Waals surface area contributed by atoms with Crippen molar-refractivity contribution >= 4 is 5.78 Å². The Hall–Kier alpha value is -0.530. The van der Waals surface area contributed by atoms with Crippen molar-refractivity contribution in [1.29, 1.82) is 0 Å². The second-order valence-electron chi connectivity index (χ2n) is 7.84. The molecule has 0 saturated heterocycles. The minimum Gasteiger partial charge on any atom is -0.394 e. The van der Waals surface area contributed by atoms with Gasteiger partial charge in [-0.2, -0.15) is 0 Å². The number of rotatable bonds is 20. The third-order valence-corrected chi connectivity index (χ3v) is 5.26. The summed E-state index contributed by atoms with van der Waals surface area (Å²) >= 11 is 0. The van der Waals surface area contributed by atoms with Crippen molar-refractivity contribution in [2.45, 2.75) is 128 Å². The highest BCUT2D eigenvalue weighted by Crippen LogP contribution is 2.14. The minimum atomic E-state index is -1.80. The maximum absolute atomic E-state index is 11.9. The Kier molecular flexibility index (Phi) is 16.8. The summed E-state index contributed by atoms with van der Waals surface area (Å²) in [5.41, 5.74) is 0.